The van der Waals surface area contributed by atoms with Gasteiger partial charge >= 0.3 is 12.2 Å². The molecule has 2 aromatic rings. The number of carbonyl (C=O) groups excluding carboxylic acids is 4. The van der Waals surface area contributed by atoms with Crippen molar-refractivity contribution in [3.05, 3.63) is 70.8 Å². The molecule has 0 bridgehead atoms. The average molecular weight is 605 g/mol. The molecule has 0 radical (unpaired) electrons. The van der Waals surface area contributed by atoms with Crippen molar-refractivity contribution in [2.75, 3.05) is 78.7 Å². The van der Waals surface area contributed by atoms with Crippen molar-refractivity contribution in [1.29, 1.82) is 0 Å². The Balaban J connectivity index is 1.20. The molecule has 4 aliphatic heterocycles. The number of nitrogens with zero attached hydrogens (tertiary/aromatic N) is 6. The Kier molecular flexibility index (Phi) is 8.72. The number of hydrogen-bond acceptors (Lipinski definition) is 8. The molecule has 2 unspecified atom stereocenters. The second-order valence-corrected chi connectivity index (χ2v) is 11.4. The van der Waals surface area contributed by atoms with E-state index in [0.29, 0.717) is 89.8 Å². The third kappa shape index (κ3) is 5.48. The smallest absolute Gasteiger partial charge is 0.409 e. The van der Waals surface area contributed by atoms with Crippen LogP contribution in [0.5, 0.6) is 0 Å². The SMILES string of the molecule is CCOC(=O)N1CCN(C2c3ccccc3C(=O)N2CCN2C(=O)c3ccccc3C2N2CCN(C(=O)OCC)CC2)CC1. The van der Waals surface area contributed by atoms with Crippen LogP contribution in [0.15, 0.2) is 48.5 Å². The van der Waals surface area contributed by atoms with Crippen LogP contribution in [-0.2, 0) is 9.47 Å². The van der Waals surface area contributed by atoms with Gasteiger partial charge in [-0.1, -0.05) is 36.4 Å². The number of piperazine rings is 2. The molecule has 12 nitrogen and oxygen atoms in total. The van der Waals surface area contributed by atoms with Gasteiger partial charge < -0.3 is 29.1 Å². The van der Waals surface area contributed by atoms with Gasteiger partial charge in [0.15, 0.2) is 0 Å². The number of rotatable bonds is 7. The van der Waals surface area contributed by atoms with Crippen LogP contribution in [0, 0.1) is 0 Å². The molecule has 2 aromatic carbocycles. The van der Waals surface area contributed by atoms with Gasteiger partial charge in [-0.2, -0.15) is 0 Å². The molecule has 234 valence electrons. The van der Waals surface area contributed by atoms with E-state index < -0.39 is 0 Å². The number of ether oxygens (including phenoxy) is 2. The van der Waals surface area contributed by atoms with Crippen molar-refractivity contribution in [1.82, 2.24) is 29.4 Å². The number of benzene rings is 2. The van der Waals surface area contributed by atoms with Crippen molar-refractivity contribution in [3.63, 3.8) is 0 Å². The lowest BCUT2D eigenvalue weighted by molar-refractivity contribution is -0.00334. The van der Waals surface area contributed by atoms with Gasteiger partial charge in [-0.3, -0.25) is 19.4 Å². The average Bonchev–Trinajstić information content (AvgIpc) is 3.50. The van der Waals surface area contributed by atoms with E-state index >= 15 is 0 Å². The maximum atomic E-state index is 13.8. The fourth-order valence-corrected chi connectivity index (χ4v) is 6.88. The minimum Gasteiger partial charge on any atom is -0.450 e. The zero-order valence-corrected chi connectivity index (χ0v) is 25.4. The largest absolute Gasteiger partial charge is 0.450 e. The van der Waals surface area contributed by atoms with Crippen molar-refractivity contribution < 1.29 is 28.7 Å². The van der Waals surface area contributed by atoms with Crippen molar-refractivity contribution in [2.45, 2.75) is 26.2 Å². The molecule has 2 fully saturated rings. The third-order valence-electron chi connectivity index (χ3n) is 9.01. The Labute approximate surface area is 257 Å². The molecule has 4 amide bonds. The fourth-order valence-electron chi connectivity index (χ4n) is 6.88. The van der Waals surface area contributed by atoms with Crippen LogP contribution in [-0.4, -0.2) is 132 Å². The highest BCUT2D eigenvalue weighted by atomic mass is 16.6. The van der Waals surface area contributed by atoms with Gasteiger partial charge in [-0.15, -0.1) is 0 Å². The second-order valence-electron chi connectivity index (χ2n) is 11.4. The predicted molar refractivity (Wildman–Crippen MR) is 161 cm³/mol. The van der Waals surface area contributed by atoms with Crippen molar-refractivity contribution >= 4 is 24.0 Å². The molecule has 0 saturated carbocycles. The molecule has 0 aromatic heterocycles. The summed E-state index contributed by atoms with van der Waals surface area (Å²) < 4.78 is 10.4. The topological polar surface area (TPSA) is 106 Å². The van der Waals surface area contributed by atoms with Gasteiger partial charge in [0.05, 0.1) is 13.2 Å². The van der Waals surface area contributed by atoms with Crippen LogP contribution in [0.25, 0.3) is 0 Å². The highest BCUT2D eigenvalue weighted by Gasteiger charge is 2.44. The van der Waals surface area contributed by atoms with E-state index in [1.54, 1.807) is 23.6 Å². The van der Waals surface area contributed by atoms with E-state index in [2.05, 4.69) is 9.80 Å². The Morgan fingerprint density at radius 2 is 0.977 bits per heavy atom. The first-order valence-electron chi connectivity index (χ1n) is 15.5. The van der Waals surface area contributed by atoms with Gasteiger partial charge in [0, 0.05) is 87.7 Å². The molecule has 44 heavy (non-hydrogen) atoms. The van der Waals surface area contributed by atoms with E-state index in [-0.39, 0.29) is 36.3 Å². The number of hydrogen-bond donors (Lipinski definition) is 0. The highest BCUT2D eigenvalue weighted by molar-refractivity contribution is 6.00. The van der Waals surface area contributed by atoms with Crippen LogP contribution < -0.4 is 0 Å². The summed E-state index contributed by atoms with van der Waals surface area (Å²) in [7, 11) is 0. The monoisotopic (exact) mass is 604 g/mol. The number of fused-ring (bicyclic) bond motifs is 2. The summed E-state index contributed by atoms with van der Waals surface area (Å²) in [4.78, 5) is 63.9. The van der Waals surface area contributed by atoms with Crippen LogP contribution >= 0.6 is 0 Å². The molecule has 12 heteroatoms. The van der Waals surface area contributed by atoms with Crippen molar-refractivity contribution in [3.8, 4) is 0 Å². The minimum absolute atomic E-state index is 0.0535. The van der Waals surface area contributed by atoms with E-state index in [1.807, 2.05) is 58.3 Å². The number of carbonyl (C=O) groups is 4. The lowest BCUT2D eigenvalue weighted by Gasteiger charge is -2.43. The Morgan fingerprint density at radius 3 is 1.34 bits per heavy atom. The van der Waals surface area contributed by atoms with E-state index in [1.165, 1.54) is 0 Å². The zero-order valence-electron chi connectivity index (χ0n) is 25.4. The second kappa shape index (κ2) is 12.8. The Morgan fingerprint density at radius 1 is 0.614 bits per heavy atom. The van der Waals surface area contributed by atoms with Crippen LogP contribution in [0.3, 0.4) is 0 Å². The Bertz CT molecular complexity index is 1300. The summed E-state index contributed by atoms with van der Waals surface area (Å²) in [6.45, 7) is 9.42. The number of amides is 4. The minimum atomic E-state index is -0.312. The molecule has 2 saturated heterocycles. The first-order valence-corrected chi connectivity index (χ1v) is 15.5. The summed E-state index contributed by atoms with van der Waals surface area (Å²) >= 11 is 0. The predicted octanol–water partition coefficient (Wildman–Crippen LogP) is 2.84. The van der Waals surface area contributed by atoms with Gasteiger partial charge in [0.2, 0.25) is 0 Å². The van der Waals surface area contributed by atoms with Crippen LogP contribution in [0.4, 0.5) is 9.59 Å². The van der Waals surface area contributed by atoms with Gasteiger partial charge in [-0.05, 0) is 26.0 Å². The molecular weight excluding hydrogens is 564 g/mol. The molecule has 6 rings (SSSR count). The van der Waals surface area contributed by atoms with Crippen molar-refractivity contribution in [2.24, 2.45) is 0 Å². The molecule has 4 aliphatic rings. The lowest BCUT2D eigenvalue weighted by Crippen LogP contribution is -2.54. The molecule has 0 N–H and O–H groups in total. The normalized spacial score (nSPS) is 22.3. The molecule has 0 spiro atoms. The molecular formula is C32H40N6O6. The Hall–Kier alpha value is -4.16. The quantitative estimate of drug-likeness (QED) is 0.475. The standard InChI is InChI=1S/C32H40N6O6/c1-3-43-31(41)35-17-13-33(14-18-35)27-23-9-5-7-11-25(23)29(39)37(27)21-22-38-28(24-10-6-8-12-26(24)30(38)40)34-15-19-36(20-16-34)32(42)44-4-2/h5-12,27-28H,3-4,13-22H2,1-2H3. The molecule has 0 aliphatic carbocycles. The maximum Gasteiger partial charge on any atom is 0.409 e. The molecule has 4 heterocycles. The van der Waals surface area contributed by atoms with Crippen LogP contribution in [0.1, 0.15) is 58.0 Å². The maximum absolute atomic E-state index is 13.8. The summed E-state index contributed by atoms with van der Waals surface area (Å²) in [6.07, 6.45) is -1.19. The molecule has 2 atom stereocenters. The van der Waals surface area contributed by atoms with E-state index in [0.717, 1.165) is 11.1 Å². The first-order chi connectivity index (χ1) is 21.4. The summed E-state index contributed by atoms with van der Waals surface area (Å²) in [5.41, 5.74) is 3.25. The zero-order chi connectivity index (χ0) is 30.8. The highest BCUT2D eigenvalue weighted by Crippen LogP contribution is 2.39. The van der Waals surface area contributed by atoms with Gasteiger partial charge in [0.1, 0.15) is 12.3 Å². The summed E-state index contributed by atoms with van der Waals surface area (Å²) in [6, 6.07) is 15.4. The van der Waals surface area contributed by atoms with E-state index in [9.17, 15) is 19.2 Å². The van der Waals surface area contributed by atoms with Gasteiger partial charge in [0.25, 0.3) is 11.8 Å². The van der Waals surface area contributed by atoms with E-state index in [4.69, 9.17) is 9.47 Å². The van der Waals surface area contributed by atoms with Crippen LogP contribution in [0.2, 0.25) is 0 Å². The summed E-state index contributed by atoms with van der Waals surface area (Å²) in [5.74, 6) is -0.107. The fraction of sp³-hybridized carbons (Fsp3) is 0.500. The third-order valence-corrected chi connectivity index (χ3v) is 9.01. The first kappa shape index (κ1) is 29.9. The lowest BCUT2D eigenvalue weighted by atomic mass is 10.1. The summed E-state index contributed by atoms with van der Waals surface area (Å²) in [5, 5.41) is 0. The van der Waals surface area contributed by atoms with Gasteiger partial charge in [-0.25, -0.2) is 9.59 Å².